The lowest BCUT2D eigenvalue weighted by Gasteiger charge is -2.14. The molecule has 1 aromatic carbocycles. The highest BCUT2D eigenvalue weighted by atomic mass is 16.3. The Labute approximate surface area is 108 Å². The predicted molar refractivity (Wildman–Crippen MR) is 72.0 cm³/mol. The molecule has 0 spiro atoms. The average molecular weight is 250 g/mol. The molecule has 18 heavy (non-hydrogen) atoms. The molecule has 1 rings (SSSR count). The zero-order valence-corrected chi connectivity index (χ0v) is 10.8. The van der Waals surface area contributed by atoms with Crippen molar-refractivity contribution >= 4 is 5.91 Å². The van der Waals surface area contributed by atoms with Gasteiger partial charge in [-0.2, -0.15) is 0 Å². The molecule has 0 saturated heterocycles. The van der Waals surface area contributed by atoms with Gasteiger partial charge in [-0.1, -0.05) is 37.3 Å². The van der Waals surface area contributed by atoms with Gasteiger partial charge in [0.25, 0.3) is 0 Å². The lowest BCUT2D eigenvalue weighted by atomic mass is 10.1. The van der Waals surface area contributed by atoms with Crippen LogP contribution in [0.25, 0.3) is 0 Å². The molecular weight excluding hydrogens is 228 g/mol. The van der Waals surface area contributed by atoms with E-state index in [1.165, 1.54) is 5.56 Å². The summed E-state index contributed by atoms with van der Waals surface area (Å²) in [4.78, 5) is 11.6. The van der Waals surface area contributed by atoms with E-state index in [-0.39, 0.29) is 12.5 Å². The summed E-state index contributed by atoms with van der Waals surface area (Å²) in [6.45, 7) is 2.14. The number of aryl methyl sites for hydroxylation is 1. The number of rotatable bonds is 7. The molecule has 0 aliphatic heterocycles. The number of nitrogens with one attached hydrogen (secondary N) is 1. The first-order chi connectivity index (χ1) is 8.63. The maximum Gasteiger partial charge on any atom is 0.237 e. The van der Waals surface area contributed by atoms with Crippen LogP contribution in [0.5, 0.6) is 0 Å². The molecule has 100 valence electrons. The molecule has 0 fully saturated rings. The molecule has 0 bridgehead atoms. The van der Waals surface area contributed by atoms with E-state index in [0.717, 1.165) is 6.42 Å². The fourth-order valence-corrected chi connectivity index (χ4v) is 1.59. The molecule has 0 aliphatic rings. The standard InChI is InChI=1S/C14H22N2O2/c1-2-12(17)10-16-14(18)13(15)9-8-11-6-4-3-5-7-11/h3-7,12-13,17H,2,8-10,15H2,1H3,(H,16,18)/t12?,13-/m0/s1. The van der Waals surface area contributed by atoms with E-state index in [1.807, 2.05) is 37.3 Å². The van der Waals surface area contributed by atoms with Gasteiger partial charge in [0.15, 0.2) is 0 Å². The van der Waals surface area contributed by atoms with Gasteiger partial charge >= 0.3 is 0 Å². The Bertz CT molecular complexity index is 354. The van der Waals surface area contributed by atoms with Crippen LogP contribution in [-0.2, 0) is 11.2 Å². The van der Waals surface area contributed by atoms with E-state index in [1.54, 1.807) is 0 Å². The minimum absolute atomic E-state index is 0.196. The highest BCUT2D eigenvalue weighted by Gasteiger charge is 2.13. The summed E-state index contributed by atoms with van der Waals surface area (Å²) in [5, 5.41) is 12.0. The SMILES string of the molecule is CCC(O)CNC(=O)[C@@H](N)CCc1ccccc1. The summed E-state index contributed by atoms with van der Waals surface area (Å²) < 4.78 is 0. The normalized spacial score (nSPS) is 13.9. The van der Waals surface area contributed by atoms with Crippen molar-refractivity contribution in [1.82, 2.24) is 5.32 Å². The highest BCUT2D eigenvalue weighted by molar-refractivity contribution is 5.81. The van der Waals surface area contributed by atoms with E-state index < -0.39 is 12.1 Å². The minimum Gasteiger partial charge on any atom is -0.391 e. The second-order valence-corrected chi connectivity index (χ2v) is 4.44. The van der Waals surface area contributed by atoms with Gasteiger partial charge in [0.2, 0.25) is 5.91 Å². The van der Waals surface area contributed by atoms with Gasteiger partial charge in [-0.05, 0) is 24.8 Å². The first-order valence-electron chi connectivity index (χ1n) is 6.38. The molecule has 0 saturated carbocycles. The summed E-state index contributed by atoms with van der Waals surface area (Å²) in [5.74, 6) is -0.196. The van der Waals surface area contributed by atoms with Crippen molar-refractivity contribution in [2.45, 2.75) is 38.3 Å². The van der Waals surface area contributed by atoms with Crippen molar-refractivity contribution in [3.8, 4) is 0 Å². The third kappa shape index (κ3) is 5.29. The quantitative estimate of drug-likeness (QED) is 0.671. The monoisotopic (exact) mass is 250 g/mol. The molecule has 4 nitrogen and oxygen atoms in total. The third-order valence-electron chi connectivity index (χ3n) is 2.91. The van der Waals surface area contributed by atoms with Crippen molar-refractivity contribution in [1.29, 1.82) is 0 Å². The van der Waals surface area contributed by atoms with Crippen molar-refractivity contribution in [2.24, 2.45) is 5.73 Å². The average Bonchev–Trinajstić information content (AvgIpc) is 2.42. The van der Waals surface area contributed by atoms with Crippen LogP contribution in [0.1, 0.15) is 25.3 Å². The maximum absolute atomic E-state index is 11.6. The smallest absolute Gasteiger partial charge is 0.237 e. The maximum atomic E-state index is 11.6. The van der Waals surface area contributed by atoms with Crippen LogP contribution >= 0.6 is 0 Å². The van der Waals surface area contributed by atoms with Crippen LogP contribution < -0.4 is 11.1 Å². The van der Waals surface area contributed by atoms with Crippen LogP contribution in [0, 0.1) is 0 Å². The van der Waals surface area contributed by atoms with Gasteiger partial charge in [-0.3, -0.25) is 4.79 Å². The molecule has 1 amide bonds. The summed E-state index contributed by atoms with van der Waals surface area (Å²) >= 11 is 0. The Morgan fingerprint density at radius 2 is 2.06 bits per heavy atom. The van der Waals surface area contributed by atoms with E-state index in [2.05, 4.69) is 5.32 Å². The molecule has 1 aromatic rings. The van der Waals surface area contributed by atoms with Gasteiger partial charge in [0.05, 0.1) is 12.1 Å². The molecule has 0 radical (unpaired) electrons. The van der Waals surface area contributed by atoms with Crippen molar-refractivity contribution in [3.05, 3.63) is 35.9 Å². The number of carbonyl (C=O) groups is 1. The number of aliphatic hydroxyl groups excluding tert-OH is 1. The van der Waals surface area contributed by atoms with Gasteiger partial charge in [0, 0.05) is 6.54 Å². The Balaban J connectivity index is 2.27. The number of hydrogen-bond donors (Lipinski definition) is 3. The zero-order valence-electron chi connectivity index (χ0n) is 10.8. The summed E-state index contributed by atoms with van der Waals surface area (Å²) in [6.07, 6.45) is 1.53. The second kappa shape index (κ2) is 7.84. The van der Waals surface area contributed by atoms with Crippen LogP contribution in [0.4, 0.5) is 0 Å². The van der Waals surface area contributed by atoms with Crippen LogP contribution in [-0.4, -0.2) is 29.7 Å². The number of nitrogens with two attached hydrogens (primary N) is 1. The molecule has 2 atom stereocenters. The van der Waals surface area contributed by atoms with E-state index in [0.29, 0.717) is 12.8 Å². The number of hydrogen-bond acceptors (Lipinski definition) is 3. The first kappa shape index (κ1) is 14.7. The van der Waals surface area contributed by atoms with E-state index >= 15 is 0 Å². The zero-order chi connectivity index (χ0) is 13.4. The largest absolute Gasteiger partial charge is 0.391 e. The summed E-state index contributed by atoms with van der Waals surface area (Å²) in [7, 11) is 0. The molecule has 1 unspecified atom stereocenters. The van der Waals surface area contributed by atoms with E-state index in [4.69, 9.17) is 5.73 Å². The second-order valence-electron chi connectivity index (χ2n) is 4.44. The number of amides is 1. The van der Waals surface area contributed by atoms with Crippen LogP contribution in [0.2, 0.25) is 0 Å². The summed E-state index contributed by atoms with van der Waals surface area (Å²) in [5.41, 5.74) is 6.97. The van der Waals surface area contributed by atoms with Crippen LogP contribution in [0.15, 0.2) is 30.3 Å². The Morgan fingerprint density at radius 3 is 2.67 bits per heavy atom. The Morgan fingerprint density at radius 1 is 1.39 bits per heavy atom. The number of aliphatic hydroxyl groups is 1. The predicted octanol–water partition coefficient (Wildman–Crippen LogP) is 0.834. The molecule has 4 heteroatoms. The number of carbonyl (C=O) groups excluding carboxylic acids is 1. The van der Waals surface area contributed by atoms with Crippen molar-refractivity contribution in [2.75, 3.05) is 6.54 Å². The molecule has 0 aromatic heterocycles. The van der Waals surface area contributed by atoms with Crippen molar-refractivity contribution in [3.63, 3.8) is 0 Å². The fraction of sp³-hybridized carbons (Fsp3) is 0.500. The summed E-state index contributed by atoms with van der Waals surface area (Å²) in [6, 6.07) is 9.42. The lowest BCUT2D eigenvalue weighted by molar-refractivity contribution is -0.122. The Hall–Kier alpha value is -1.39. The van der Waals surface area contributed by atoms with Gasteiger partial charge < -0.3 is 16.2 Å². The van der Waals surface area contributed by atoms with Gasteiger partial charge in [-0.25, -0.2) is 0 Å². The minimum atomic E-state index is -0.519. The topological polar surface area (TPSA) is 75.3 Å². The first-order valence-corrected chi connectivity index (χ1v) is 6.38. The van der Waals surface area contributed by atoms with Gasteiger partial charge in [-0.15, -0.1) is 0 Å². The third-order valence-corrected chi connectivity index (χ3v) is 2.91. The van der Waals surface area contributed by atoms with Crippen molar-refractivity contribution < 1.29 is 9.90 Å². The van der Waals surface area contributed by atoms with Gasteiger partial charge in [0.1, 0.15) is 0 Å². The molecule has 0 heterocycles. The van der Waals surface area contributed by atoms with E-state index in [9.17, 15) is 9.90 Å². The molecule has 4 N–H and O–H groups in total. The molecular formula is C14H22N2O2. The lowest BCUT2D eigenvalue weighted by Crippen LogP contribution is -2.43. The fourth-order valence-electron chi connectivity index (χ4n) is 1.59. The Kier molecular flexibility index (Phi) is 6.39. The molecule has 0 aliphatic carbocycles. The highest BCUT2D eigenvalue weighted by Crippen LogP contribution is 2.04. The van der Waals surface area contributed by atoms with Crippen LogP contribution in [0.3, 0.4) is 0 Å². The number of benzene rings is 1.